The topological polar surface area (TPSA) is 93.8 Å². The zero-order valence-electron chi connectivity index (χ0n) is 18.3. The molecule has 1 aliphatic carbocycles. The summed E-state index contributed by atoms with van der Waals surface area (Å²) in [5, 5.41) is 6.77. The summed E-state index contributed by atoms with van der Waals surface area (Å²) < 4.78 is 5.05. The molecule has 0 unspecified atom stereocenters. The van der Waals surface area contributed by atoms with Gasteiger partial charge in [-0.05, 0) is 56.2 Å². The smallest absolute Gasteiger partial charge is 0.289 e. The monoisotopic (exact) mass is 419 g/mol. The Kier molecular flexibility index (Phi) is 6.39. The molecule has 1 saturated carbocycles. The molecule has 0 aliphatic heterocycles. The first-order valence-electron chi connectivity index (χ1n) is 11.0. The average molecular weight is 420 g/mol. The molecule has 0 bridgehead atoms. The van der Waals surface area contributed by atoms with Gasteiger partial charge >= 0.3 is 0 Å². The average Bonchev–Trinajstić information content (AvgIpc) is 3.24. The number of hydrogen-bond acceptors (Lipinski definition) is 6. The minimum atomic E-state index is -0.194. The van der Waals surface area contributed by atoms with Crippen LogP contribution in [0.5, 0.6) is 0 Å². The molecule has 1 aliphatic rings. The van der Waals surface area contributed by atoms with Crippen molar-refractivity contribution in [3.05, 3.63) is 59.8 Å². The van der Waals surface area contributed by atoms with Crippen molar-refractivity contribution in [2.24, 2.45) is 5.92 Å². The molecule has 7 nitrogen and oxygen atoms in total. The number of nitrogens with one attached hydrogen (secondary N) is 1. The van der Waals surface area contributed by atoms with E-state index in [1.165, 1.54) is 0 Å². The van der Waals surface area contributed by atoms with Gasteiger partial charge in [-0.3, -0.25) is 9.78 Å². The molecular formula is C24H29N5O2. The number of hydrogen-bond donors (Lipinski definition) is 1. The van der Waals surface area contributed by atoms with E-state index in [0.29, 0.717) is 24.1 Å². The number of amides is 1. The summed E-state index contributed by atoms with van der Waals surface area (Å²) in [7, 11) is 0. The molecule has 0 aromatic carbocycles. The molecule has 7 heteroatoms. The summed E-state index contributed by atoms with van der Waals surface area (Å²) in [6.07, 6.45) is 9.80. The van der Waals surface area contributed by atoms with Crippen molar-refractivity contribution < 1.29 is 9.32 Å². The highest BCUT2D eigenvalue weighted by Gasteiger charge is 2.27. The van der Waals surface area contributed by atoms with Crippen LogP contribution in [0.2, 0.25) is 0 Å². The van der Waals surface area contributed by atoms with Crippen LogP contribution in [0, 0.1) is 12.8 Å². The van der Waals surface area contributed by atoms with E-state index in [1.807, 2.05) is 30.7 Å². The van der Waals surface area contributed by atoms with Gasteiger partial charge in [0.05, 0.1) is 11.4 Å². The molecule has 0 spiro atoms. The summed E-state index contributed by atoms with van der Waals surface area (Å²) in [5.74, 6) is 2.11. The number of carbonyl (C=O) groups excluding carboxylic acids is 1. The zero-order chi connectivity index (χ0) is 21.8. The lowest BCUT2D eigenvalue weighted by Gasteiger charge is -2.29. The third-order valence-electron chi connectivity index (χ3n) is 5.98. The second-order valence-corrected chi connectivity index (χ2v) is 8.68. The number of rotatable bonds is 6. The lowest BCUT2D eigenvalue weighted by Crippen LogP contribution is -2.31. The lowest BCUT2D eigenvalue weighted by atomic mass is 9.79. The van der Waals surface area contributed by atoms with E-state index in [2.05, 4.69) is 34.3 Å². The molecule has 0 radical (unpaired) electrons. The van der Waals surface area contributed by atoms with Crippen LogP contribution in [0.4, 0.5) is 0 Å². The Morgan fingerprint density at radius 2 is 1.94 bits per heavy atom. The Labute approximate surface area is 182 Å². The van der Waals surface area contributed by atoms with E-state index in [0.717, 1.165) is 48.3 Å². The highest BCUT2D eigenvalue weighted by molar-refractivity contribution is 5.91. The first-order chi connectivity index (χ1) is 15.0. The van der Waals surface area contributed by atoms with Crippen molar-refractivity contribution in [3.8, 4) is 11.1 Å². The van der Waals surface area contributed by atoms with Gasteiger partial charge in [-0.15, -0.1) is 0 Å². The number of nitrogens with zero attached hydrogens (tertiary/aromatic N) is 4. The predicted octanol–water partition coefficient (Wildman–Crippen LogP) is 4.66. The van der Waals surface area contributed by atoms with Gasteiger partial charge in [-0.1, -0.05) is 19.0 Å². The zero-order valence-corrected chi connectivity index (χ0v) is 18.3. The van der Waals surface area contributed by atoms with Gasteiger partial charge in [-0.2, -0.15) is 0 Å². The van der Waals surface area contributed by atoms with Gasteiger partial charge in [0.1, 0.15) is 5.82 Å². The lowest BCUT2D eigenvalue weighted by molar-refractivity contribution is 0.0906. The Hall–Kier alpha value is -3.09. The van der Waals surface area contributed by atoms with E-state index < -0.39 is 0 Å². The van der Waals surface area contributed by atoms with Crippen molar-refractivity contribution in [2.45, 2.75) is 58.3 Å². The largest absolute Gasteiger partial charge is 0.351 e. The maximum absolute atomic E-state index is 12.2. The van der Waals surface area contributed by atoms with Crippen LogP contribution < -0.4 is 5.32 Å². The summed E-state index contributed by atoms with van der Waals surface area (Å²) in [5.41, 5.74) is 4.06. The molecule has 3 heterocycles. The van der Waals surface area contributed by atoms with Crippen molar-refractivity contribution in [1.82, 2.24) is 25.4 Å². The Morgan fingerprint density at radius 1 is 1.19 bits per heavy atom. The molecule has 0 atom stereocenters. The van der Waals surface area contributed by atoms with E-state index in [9.17, 15) is 4.79 Å². The third kappa shape index (κ3) is 4.98. The second kappa shape index (κ2) is 9.37. The van der Waals surface area contributed by atoms with Crippen molar-refractivity contribution in [2.75, 3.05) is 6.54 Å². The molecule has 1 N–H and O–H groups in total. The van der Waals surface area contributed by atoms with Gasteiger partial charge in [0, 0.05) is 48.6 Å². The fourth-order valence-electron chi connectivity index (χ4n) is 4.19. The van der Waals surface area contributed by atoms with Crippen LogP contribution in [0.1, 0.15) is 79.1 Å². The predicted molar refractivity (Wildman–Crippen MR) is 118 cm³/mol. The molecule has 4 rings (SSSR count). The molecule has 1 amide bonds. The quantitative estimate of drug-likeness (QED) is 0.624. The summed E-state index contributed by atoms with van der Waals surface area (Å²) in [6, 6.07) is 5.70. The SMILES string of the molecule is Cc1cc(C(=O)NCC2CCC(c3nc(C(C)C)ncc3-c3ccncc3)CC2)on1. The number of aromatic nitrogens is 4. The highest BCUT2D eigenvalue weighted by atomic mass is 16.5. The fourth-order valence-corrected chi connectivity index (χ4v) is 4.19. The van der Waals surface area contributed by atoms with Crippen molar-refractivity contribution >= 4 is 5.91 Å². The van der Waals surface area contributed by atoms with E-state index in [1.54, 1.807) is 13.0 Å². The number of aryl methyl sites for hydroxylation is 1. The second-order valence-electron chi connectivity index (χ2n) is 8.68. The fraction of sp³-hybridized carbons (Fsp3) is 0.458. The first kappa shape index (κ1) is 21.2. The maximum atomic E-state index is 12.2. The number of pyridine rings is 1. The molecule has 1 fully saturated rings. The first-order valence-corrected chi connectivity index (χ1v) is 11.0. The van der Waals surface area contributed by atoms with Crippen molar-refractivity contribution in [1.29, 1.82) is 0 Å². The standard InChI is InChI=1S/C24H29N5O2/c1-15(2)23-26-14-20(18-8-10-25-11-9-18)22(28-23)19-6-4-17(5-7-19)13-27-24(30)21-12-16(3)29-31-21/h8-12,14-15,17,19H,4-7,13H2,1-3H3,(H,27,30). The van der Waals surface area contributed by atoms with Crippen LogP contribution in [-0.2, 0) is 0 Å². The van der Waals surface area contributed by atoms with Crippen LogP contribution in [-0.4, -0.2) is 32.6 Å². The highest BCUT2D eigenvalue weighted by Crippen LogP contribution is 2.39. The molecule has 31 heavy (non-hydrogen) atoms. The molecule has 3 aromatic rings. The van der Waals surface area contributed by atoms with E-state index >= 15 is 0 Å². The molecule has 162 valence electrons. The Morgan fingerprint density at radius 3 is 2.58 bits per heavy atom. The molecule has 0 saturated heterocycles. The van der Waals surface area contributed by atoms with Crippen LogP contribution in [0.25, 0.3) is 11.1 Å². The van der Waals surface area contributed by atoms with Crippen LogP contribution >= 0.6 is 0 Å². The number of carbonyl (C=O) groups is 1. The van der Waals surface area contributed by atoms with E-state index in [-0.39, 0.29) is 17.6 Å². The third-order valence-corrected chi connectivity index (χ3v) is 5.98. The van der Waals surface area contributed by atoms with Crippen LogP contribution in [0.15, 0.2) is 41.3 Å². The van der Waals surface area contributed by atoms with Gasteiger partial charge in [0.15, 0.2) is 0 Å². The summed E-state index contributed by atoms with van der Waals surface area (Å²) in [6.45, 7) is 6.71. The van der Waals surface area contributed by atoms with Gasteiger partial charge in [-0.25, -0.2) is 9.97 Å². The maximum Gasteiger partial charge on any atom is 0.289 e. The van der Waals surface area contributed by atoms with E-state index in [4.69, 9.17) is 9.51 Å². The minimum absolute atomic E-state index is 0.194. The Balaban J connectivity index is 1.43. The summed E-state index contributed by atoms with van der Waals surface area (Å²) in [4.78, 5) is 26.0. The van der Waals surface area contributed by atoms with Crippen LogP contribution in [0.3, 0.4) is 0 Å². The Bertz CT molecular complexity index is 1020. The minimum Gasteiger partial charge on any atom is -0.351 e. The van der Waals surface area contributed by atoms with Gasteiger partial charge in [0.25, 0.3) is 5.91 Å². The molecule has 3 aromatic heterocycles. The van der Waals surface area contributed by atoms with Gasteiger partial charge < -0.3 is 9.84 Å². The molecular weight excluding hydrogens is 390 g/mol. The van der Waals surface area contributed by atoms with Gasteiger partial charge in [0.2, 0.25) is 5.76 Å². The summed E-state index contributed by atoms with van der Waals surface area (Å²) >= 11 is 0. The van der Waals surface area contributed by atoms with Crippen molar-refractivity contribution in [3.63, 3.8) is 0 Å². The normalized spacial score (nSPS) is 18.8.